The Hall–Kier alpha value is -5.44. The monoisotopic (exact) mass is 795 g/mol. The Morgan fingerprint density at radius 3 is 1.23 bits per heavy atom. The van der Waals surface area contributed by atoms with Crippen LogP contribution >= 0.6 is 0 Å². The molecule has 0 aliphatic carbocycles. The molecule has 0 spiro atoms. The van der Waals surface area contributed by atoms with E-state index in [4.69, 9.17) is 59.3 Å². The van der Waals surface area contributed by atoms with E-state index in [1.165, 1.54) is 6.92 Å². The van der Waals surface area contributed by atoms with Gasteiger partial charge in [0.15, 0.2) is 0 Å². The van der Waals surface area contributed by atoms with Gasteiger partial charge < -0.3 is 70.0 Å². The van der Waals surface area contributed by atoms with E-state index in [0.717, 1.165) is 22.0 Å². The van der Waals surface area contributed by atoms with Crippen LogP contribution in [0.1, 0.15) is 58.6 Å². The number of fused-ring (bicyclic) bond motifs is 1. The highest BCUT2D eigenvalue weighted by atomic mass is 16.4. The predicted molar refractivity (Wildman–Crippen MR) is 211 cm³/mol. The summed E-state index contributed by atoms with van der Waals surface area (Å²) in [6, 6.07) is 13.3. The van der Waals surface area contributed by atoms with E-state index in [2.05, 4.69) is 10.7 Å². The van der Waals surface area contributed by atoms with Crippen LogP contribution in [0.15, 0.2) is 60.8 Å². The van der Waals surface area contributed by atoms with Crippen molar-refractivity contribution in [1.82, 2.24) is 4.98 Å². The highest BCUT2D eigenvalue weighted by Gasteiger charge is 2.15. The second-order valence-electron chi connectivity index (χ2n) is 13.0. The van der Waals surface area contributed by atoms with Crippen molar-refractivity contribution in [3.05, 3.63) is 71.9 Å². The fourth-order valence-corrected chi connectivity index (χ4v) is 3.80. The van der Waals surface area contributed by atoms with Gasteiger partial charge in [-0.05, 0) is 55.2 Å². The van der Waals surface area contributed by atoms with Gasteiger partial charge in [0.1, 0.15) is 30.2 Å². The Morgan fingerprint density at radius 1 is 0.554 bits per heavy atom. The van der Waals surface area contributed by atoms with Crippen molar-refractivity contribution >= 4 is 46.7 Å². The Balaban J connectivity index is -0.000000626. The number of aromatic nitrogens is 1. The standard InChI is InChI=1S/C11H12N2O2.C9H11NO2.2C6H13NO2.C3H7NO2.C2H5NO2/c12-9(11(14)15)5-7-6-13-10-4-2-1-3-8(7)10;10-8(9(11)12)6-7-4-2-1-3-5-7;2*1-4(2)3-5(7)6(8)9;1-2(4)3(5)6;3-1-2(4)5/h1-4,6,9,13H,5,12H2,(H,14,15);1-5,8H,6,10H2,(H,11,12);2*4-5H,3,7H2,1-2H3,(H,8,9);2H,4H2,1H3,(H,5,6);1,3H2,(H,4,5)/t9-;8-;2*5-;2-;/m00000./s1. The van der Waals surface area contributed by atoms with E-state index in [0.29, 0.717) is 37.5 Å². The number of H-pyrrole nitrogens is 1. The number of benzene rings is 2. The molecular formula is C37H61N7O12. The van der Waals surface area contributed by atoms with Crippen LogP contribution in [-0.4, -0.2) is 108 Å². The molecule has 19 nitrogen and oxygen atoms in total. The van der Waals surface area contributed by atoms with Crippen LogP contribution in [0.4, 0.5) is 0 Å². The molecule has 0 aliphatic heterocycles. The van der Waals surface area contributed by atoms with Gasteiger partial charge in [-0.1, -0.05) is 76.2 Å². The minimum atomic E-state index is -0.972. The fourth-order valence-electron chi connectivity index (χ4n) is 3.80. The molecule has 316 valence electrons. The van der Waals surface area contributed by atoms with Gasteiger partial charge in [0, 0.05) is 23.5 Å². The zero-order chi connectivity index (χ0) is 44.1. The summed E-state index contributed by atoms with van der Waals surface area (Å²) in [7, 11) is 0. The number of carbonyl (C=O) groups is 6. The number of nitrogens with two attached hydrogens (primary N) is 6. The minimum Gasteiger partial charge on any atom is -0.480 e. The van der Waals surface area contributed by atoms with E-state index in [-0.39, 0.29) is 6.54 Å². The predicted octanol–water partition coefficient (Wildman–Crippen LogP) is 1.10. The molecule has 5 atom stereocenters. The van der Waals surface area contributed by atoms with Crippen molar-refractivity contribution < 1.29 is 59.4 Å². The first-order chi connectivity index (χ1) is 25.9. The maximum atomic E-state index is 10.6. The number of hydrogen-bond acceptors (Lipinski definition) is 12. The molecule has 0 fully saturated rings. The summed E-state index contributed by atoms with van der Waals surface area (Å²) in [5.74, 6) is -4.97. The van der Waals surface area contributed by atoms with Crippen LogP contribution in [0.3, 0.4) is 0 Å². The van der Waals surface area contributed by atoms with Crippen LogP contribution in [0.2, 0.25) is 0 Å². The average Bonchev–Trinajstić information content (AvgIpc) is 3.51. The van der Waals surface area contributed by atoms with E-state index >= 15 is 0 Å². The molecule has 56 heavy (non-hydrogen) atoms. The summed E-state index contributed by atoms with van der Waals surface area (Å²) in [5.41, 5.74) is 33.6. The van der Waals surface area contributed by atoms with Crippen LogP contribution in [-0.2, 0) is 41.6 Å². The molecule has 0 aliphatic rings. The average molecular weight is 796 g/mol. The van der Waals surface area contributed by atoms with Crippen LogP contribution in [0.25, 0.3) is 10.9 Å². The number of rotatable bonds is 14. The van der Waals surface area contributed by atoms with Gasteiger partial charge >= 0.3 is 35.8 Å². The quantitative estimate of drug-likeness (QED) is 0.109. The molecule has 1 heterocycles. The lowest BCUT2D eigenvalue weighted by molar-refractivity contribution is -0.139. The molecule has 19 heteroatoms. The third-order valence-corrected chi connectivity index (χ3v) is 6.70. The molecule has 0 saturated heterocycles. The minimum absolute atomic E-state index is 0.278. The summed E-state index contributed by atoms with van der Waals surface area (Å²) in [6.07, 6.45) is 3.65. The van der Waals surface area contributed by atoms with E-state index in [9.17, 15) is 28.8 Å². The first-order valence-electron chi connectivity index (χ1n) is 17.3. The molecule has 0 saturated carbocycles. The SMILES string of the molecule is CC(C)C[C@H](N)C(=O)O.CC(C)C[C@H](N)C(=O)O.C[C@H](N)C(=O)O.NCC(=O)O.N[C@@H](Cc1c[nH]c2ccccc12)C(=O)O.N[C@@H](Cc1ccccc1)C(=O)O. The van der Waals surface area contributed by atoms with Gasteiger partial charge in [-0.2, -0.15) is 0 Å². The lowest BCUT2D eigenvalue weighted by Crippen LogP contribution is -2.32. The van der Waals surface area contributed by atoms with Gasteiger partial charge in [0.2, 0.25) is 0 Å². The van der Waals surface area contributed by atoms with Crippen molar-refractivity contribution in [3.63, 3.8) is 0 Å². The largest absolute Gasteiger partial charge is 0.480 e. The molecule has 1 aromatic heterocycles. The maximum Gasteiger partial charge on any atom is 0.320 e. The topological polar surface area (TPSA) is 396 Å². The molecule has 0 radical (unpaired) electrons. The molecule has 3 rings (SSSR count). The normalized spacial score (nSPS) is 12.7. The van der Waals surface area contributed by atoms with Gasteiger partial charge in [-0.3, -0.25) is 28.8 Å². The number of aliphatic carboxylic acids is 6. The second-order valence-corrected chi connectivity index (χ2v) is 13.0. The van der Waals surface area contributed by atoms with Gasteiger partial charge in [-0.25, -0.2) is 0 Å². The Kier molecular flexibility index (Phi) is 30.2. The number of para-hydroxylation sites is 1. The van der Waals surface area contributed by atoms with Gasteiger partial charge in [0.05, 0.1) is 6.54 Å². The van der Waals surface area contributed by atoms with Crippen LogP contribution in [0, 0.1) is 11.8 Å². The van der Waals surface area contributed by atoms with E-state index < -0.39 is 66.0 Å². The van der Waals surface area contributed by atoms with Gasteiger partial charge in [-0.15, -0.1) is 0 Å². The summed E-state index contributed by atoms with van der Waals surface area (Å²) < 4.78 is 0. The highest BCUT2D eigenvalue weighted by Crippen LogP contribution is 2.18. The van der Waals surface area contributed by atoms with Crippen molar-refractivity contribution in [2.45, 2.75) is 90.5 Å². The smallest absolute Gasteiger partial charge is 0.320 e. The summed E-state index contributed by atoms with van der Waals surface area (Å²) in [5, 5.41) is 50.3. The highest BCUT2D eigenvalue weighted by molar-refractivity contribution is 5.84. The number of nitrogens with one attached hydrogen (secondary N) is 1. The molecule has 2 aromatic carbocycles. The Morgan fingerprint density at radius 2 is 0.911 bits per heavy atom. The Labute approximate surface area is 326 Å². The van der Waals surface area contributed by atoms with Gasteiger partial charge in [0.25, 0.3) is 0 Å². The van der Waals surface area contributed by atoms with Crippen LogP contribution < -0.4 is 34.4 Å². The molecular weight excluding hydrogens is 734 g/mol. The van der Waals surface area contributed by atoms with Crippen LogP contribution in [0.5, 0.6) is 0 Å². The van der Waals surface area contributed by atoms with Crippen molar-refractivity contribution in [3.8, 4) is 0 Å². The number of carboxylic acids is 6. The fraction of sp³-hybridized carbons (Fsp3) is 0.459. The molecule has 19 N–H and O–H groups in total. The number of carboxylic acid groups (broad SMARTS) is 6. The van der Waals surface area contributed by atoms with Crippen molar-refractivity contribution in [1.29, 1.82) is 0 Å². The maximum absolute atomic E-state index is 10.6. The van der Waals surface area contributed by atoms with Crippen molar-refractivity contribution in [2.75, 3.05) is 6.54 Å². The first kappa shape index (κ1) is 54.9. The molecule has 0 unspecified atom stereocenters. The lowest BCUT2D eigenvalue weighted by atomic mass is 10.1. The summed E-state index contributed by atoms with van der Waals surface area (Å²) >= 11 is 0. The molecule has 3 aromatic rings. The van der Waals surface area contributed by atoms with Crippen molar-refractivity contribution in [2.24, 2.45) is 46.2 Å². The third-order valence-electron chi connectivity index (χ3n) is 6.70. The van der Waals surface area contributed by atoms with E-state index in [1.807, 2.05) is 88.5 Å². The summed E-state index contributed by atoms with van der Waals surface area (Å²) in [4.78, 5) is 63.1. The second kappa shape index (κ2) is 30.8. The van der Waals surface area contributed by atoms with E-state index in [1.54, 1.807) is 0 Å². The molecule has 0 bridgehead atoms. The number of hydrogen-bond donors (Lipinski definition) is 13. The third kappa shape index (κ3) is 29.9. The summed E-state index contributed by atoms with van der Waals surface area (Å²) in [6.45, 7) is 8.93. The number of aromatic amines is 1. The Bertz CT molecular complexity index is 1560. The zero-order valence-corrected chi connectivity index (χ0v) is 32.4. The first-order valence-corrected chi connectivity index (χ1v) is 17.3. The molecule has 0 amide bonds. The zero-order valence-electron chi connectivity index (χ0n) is 32.4. The lowest BCUT2D eigenvalue weighted by Gasteiger charge is -2.07.